The topological polar surface area (TPSA) is 58.4 Å². The lowest BCUT2D eigenvalue weighted by molar-refractivity contribution is 0.319. The van der Waals surface area contributed by atoms with Crippen LogP contribution in [0.3, 0.4) is 0 Å². The van der Waals surface area contributed by atoms with Gasteiger partial charge in [0.15, 0.2) is 0 Å². The van der Waals surface area contributed by atoms with Crippen LogP contribution in [0.1, 0.15) is 11.3 Å². The lowest BCUT2D eigenvalue weighted by atomic mass is 10.1. The van der Waals surface area contributed by atoms with Gasteiger partial charge in [0.2, 0.25) is 0 Å². The monoisotopic (exact) mass is 199 g/mol. The van der Waals surface area contributed by atoms with Crippen LogP contribution in [0.4, 0.5) is 0 Å². The van der Waals surface area contributed by atoms with E-state index >= 15 is 0 Å². The Morgan fingerprint density at radius 1 is 1.07 bits per heavy atom. The molecule has 0 saturated carbocycles. The molecule has 0 saturated heterocycles. The van der Waals surface area contributed by atoms with Crippen molar-refractivity contribution in [3.8, 4) is 0 Å². The summed E-state index contributed by atoms with van der Waals surface area (Å²) in [6, 6.07) is 8.97. The van der Waals surface area contributed by atoms with Gasteiger partial charge in [0.05, 0.1) is 5.69 Å². The smallest absolute Gasteiger partial charge is 0.135 e. The average molecular weight is 199 g/mol. The number of oxime groups is 1. The van der Waals surface area contributed by atoms with Crippen molar-refractivity contribution in [2.75, 3.05) is 0 Å². The molecule has 1 N–H and O–H groups in total. The Morgan fingerprint density at radius 2 is 1.87 bits per heavy atom. The molecule has 4 heteroatoms. The highest BCUT2D eigenvalue weighted by Crippen LogP contribution is 2.06. The number of nitrogens with zero attached hydrogens (tertiary/aromatic N) is 3. The summed E-state index contributed by atoms with van der Waals surface area (Å²) in [5, 5.41) is 12.2. The van der Waals surface area contributed by atoms with Gasteiger partial charge in [0.25, 0.3) is 0 Å². The zero-order valence-corrected chi connectivity index (χ0v) is 7.91. The molecule has 0 aliphatic carbocycles. The molecule has 2 heterocycles. The Labute approximate surface area is 86.9 Å². The van der Waals surface area contributed by atoms with Gasteiger partial charge in [-0.25, -0.2) is 0 Å². The van der Waals surface area contributed by atoms with Crippen LogP contribution in [-0.4, -0.2) is 20.9 Å². The fraction of sp³-hybridized carbons (Fsp3) is 0. The average Bonchev–Trinajstić information content (AvgIpc) is 2.33. The summed E-state index contributed by atoms with van der Waals surface area (Å²) in [5.74, 6) is 0. The van der Waals surface area contributed by atoms with Crippen LogP contribution in [0.5, 0.6) is 0 Å². The number of hydrogen-bond acceptors (Lipinski definition) is 4. The van der Waals surface area contributed by atoms with E-state index in [-0.39, 0.29) is 0 Å². The van der Waals surface area contributed by atoms with Crippen LogP contribution in [0, 0.1) is 0 Å². The molecule has 0 bridgehead atoms. The number of pyridine rings is 2. The number of aromatic nitrogens is 2. The Bertz CT molecular complexity index is 412. The van der Waals surface area contributed by atoms with E-state index in [0.29, 0.717) is 11.4 Å². The molecule has 0 unspecified atom stereocenters. The first-order valence-electron chi connectivity index (χ1n) is 4.45. The second-order valence-corrected chi connectivity index (χ2v) is 2.90. The summed E-state index contributed by atoms with van der Waals surface area (Å²) in [4.78, 5) is 8.01. The summed E-state index contributed by atoms with van der Waals surface area (Å²) in [7, 11) is 0. The SMILES string of the molecule is O/N=C(/c1ccncc1)c1ccccn1. The summed E-state index contributed by atoms with van der Waals surface area (Å²) >= 11 is 0. The predicted molar refractivity (Wildman–Crippen MR) is 55.9 cm³/mol. The molecule has 0 atom stereocenters. The van der Waals surface area contributed by atoms with Crippen LogP contribution >= 0.6 is 0 Å². The van der Waals surface area contributed by atoms with Gasteiger partial charge in [0.1, 0.15) is 5.71 Å². The molecule has 4 nitrogen and oxygen atoms in total. The van der Waals surface area contributed by atoms with Gasteiger partial charge < -0.3 is 5.21 Å². The summed E-state index contributed by atoms with van der Waals surface area (Å²) in [5.41, 5.74) is 1.86. The van der Waals surface area contributed by atoms with Gasteiger partial charge in [-0.15, -0.1) is 0 Å². The third kappa shape index (κ3) is 1.99. The van der Waals surface area contributed by atoms with Crippen LogP contribution in [0.15, 0.2) is 54.1 Å². The van der Waals surface area contributed by atoms with E-state index in [1.165, 1.54) is 0 Å². The minimum absolute atomic E-state index is 0.443. The molecule has 0 aromatic carbocycles. The first kappa shape index (κ1) is 9.33. The largest absolute Gasteiger partial charge is 0.410 e. The highest BCUT2D eigenvalue weighted by Gasteiger charge is 2.07. The molecule has 2 aromatic heterocycles. The van der Waals surface area contributed by atoms with Crippen molar-refractivity contribution >= 4 is 5.71 Å². The molecular formula is C11H9N3O. The van der Waals surface area contributed by atoms with E-state index in [9.17, 15) is 0 Å². The van der Waals surface area contributed by atoms with Gasteiger partial charge in [-0.1, -0.05) is 11.2 Å². The van der Waals surface area contributed by atoms with Crippen molar-refractivity contribution in [3.05, 3.63) is 60.2 Å². The van der Waals surface area contributed by atoms with E-state index in [1.807, 2.05) is 12.1 Å². The fourth-order valence-corrected chi connectivity index (χ4v) is 1.27. The van der Waals surface area contributed by atoms with Gasteiger partial charge in [-0.05, 0) is 24.3 Å². The summed E-state index contributed by atoms with van der Waals surface area (Å²) in [6.07, 6.45) is 4.94. The van der Waals surface area contributed by atoms with E-state index < -0.39 is 0 Å². The van der Waals surface area contributed by atoms with Crippen LogP contribution in [0.2, 0.25) is 0 Å². The van der Waals surface area contributed by atoms with Crippen molar-refractivity contribution in [2.24, 2.45) is 5.16 Å². The minimum atomic E-state index is 0.443. The summed E-state index contributed by atoms with van der Waals surface area (Å²) < 4.78 is 0. The van der Waals surface area contributed by atoms with E-state index in [2.05, 4.69) is 15.1 Å². The number of rotatable bonds is 2. The summed E-state index contributed by atoms with van der Waals surface area (Å²) in [6.45, 7) is 0. The molecule has 0 aliphatic rings. The normalized spacial score (nSPS) is 11.3. The van der Waals surface area contributed by atoms with Gasteiger partial charge >= 0.3 is 0 Å². The molecule has 0 aliphatic heterocycles. The molecule has 0 amide bonds. The zero-order valence-electron chi connectivity index (χ0n) is 7.91. The standard InChI is InChI=1S/C11H9N3O/c15-14-11(9-4-7-12-8-5-9)10-3-1-2-6-13-10/h1-8,15H/b14-11-. The highest BCUT2D eigenvalue weighted by atomic mass is 16.4. The quantitative estimate of drug-likeness (QED) is 0.455. The Kier molecular flexibility index (Phi) is 2.69. The van der Waals surface area contributed by atoms with Gasteiger partial charge in [-0.3, -0.25) is 9.97 Å². The Balaban J connectivity index is 2.44. The molecule has 0 radical (unpaired) electrons. The maximum absolute atomic E-state index is 8.96. The lowest BCUT2D eigenvalue weighted by Gasteiger charge is -2.02. The lowest BCUT2D eigenvalue weighted by Crippen LogP contribution is -2.05. The van der Waals surface area contributed by atoms with Crippen molar-refractivity contribution in [2.45, 2.75) is 0 Å². The van der Waals surface area contributed by atoms with Crippen LogP contribution in [-0.2, 0) is 0 Å². The number of hydrogen-bond donors (Lipinski definition) is 1. The molecule has 15 heavy (non-hydrogen) atoms. The van der Waals surface area contributed by atoms with Crippen molar-refractivity contribution in [1.29, 1.82) is 0 Å². The van der Waals surface area contributed by atoms with Crippen molar-refractivity contribution < 1.29 is 5.21 Å². The highest BCUT2D eigenvalue weighted by molar-refractivity contribution is 6.11. The fourth-order valence-electron chi connectivity index (χ4n) is 1.27. The first-order valence-corrected chi connectivity index (χ1v) is 4.45. The second kappa shape index (κ2) is 4.32. The maximum Gasteiger partial charge on any atom is 0.135 e. The molecular weight excluding hydrogens is 190 g/mol. The third-order valence-corrected chi connectivity index (χ3v) is 1.96. The first-order chi connectivity index (χ1) is 7.42. The molecule has 2 aromatic rings. The molecule has 74 valence electrons. The minimum Gasteiger partial charge on any atom is -0.410 e. The van der Waals surface area contributed by atoms with Gasteiger partial charge in [-0.2, -0.15) is 0 Å². The van der Waals surface area contributed by atoms with E-state index in [1.54, 1.807) is 36.8 Å². The Hall–Kier alpha value is -2.23. The van der Waals surface area contributed by atoms with E-state index in [4.69, 9.17) is 5.21 Å². The predicted octanol–water partition coefficient (Wildman–Crippen LogP) is 1.70. The van der Waals surface area contributed by atoms with Crippen molar-refractivity contribution in [3.63, 3.8) is 0 Å². The zero-order chi connectivity index (χ0) is 10.5. The van der Waals surface area contributed by atoms with Crippen molar-refractivity contribution in [1.82, 2.24) is 9.97 Å². The second-order valence-electron chi connectivity index (χ2n) is 2.90. The molecule has 2 rings (SSSR count). The third-order valence-electron chi connectivity index (χ3n) is 1.96. The van der Waals surface area contributed by atoms with Crippen LogP contribution < -0.4 is 0 Å². The molecule has 0 fully saturated rings. The Morgan fingerprint density at radius 3 is 2.47 bits per heavy atom. The molecule has 0 spiro atoms. The maximum atomic E-state index is 8.96. The van der Waals surface area contributed by atoms with E-state index in [0.717, 1.165) is 5.56 Å². The van der Waals surface area contributed by atoms with Gasteiger partial charge in [0, 0.05) is 24.2 Å². The van der Waals surface area contributed by atoms with Crippen LogP contribution in [0.25, 0.3) is 0 Å².